The largest absolute Gasteiger partial charge is 0.462 e. The molecule has 1 aromatic heterocycles. The zero-order valence-electron chi connectivity index (χ0n) is 10.3. The first-order valence-corrected chi connectivity index (χ1v) is 5.20. The van der Waals surface area contributed by atoms with Crippen LogP contribution in [0, 0.1) is 20.4 Å². The number of carbonyl (C=O) groups is 1. The third-order valence-electron chi connectivity index (χ3n) is 2.68. The van der Waals surface area contributed by atoms with Gasteiger partial charge < -0.3 is 9.30 Å². The van der Waals surface area contributed by atoms with Crippen molar-refractivity contribution in [3.63, 3.8) is 0 Å². The zero-order chi connectivity index (χ0) is 13.2. The number of hydrogen-bond donors (Lipinski definition) is 0. The predicted octanol–water partition coefficient (Wildman–Crippen LogP) is 1.73. The van der Waals surface area contributed by atoms with Gasteiger partial charge in [0, 0.05) is 12.6 Å². The summed E-state index contributed by atoms with van der Waals surface area (Å²) in [5.41, 5.74) is 0.939. The van der Waals surface area contributed by atoms with Crippen molar-refractivity contribution in [1.82, 2.24) is 4.57 Å². The number of rotatable bonds is 2. The molecule has 90 valence electrons. The molecule has 5 heteroatoms. The Bertz CT molecular complexity index is 565. The molecule has 0 amide bonds. The summed E-state index contributed by atoms with van der Waals surface area (Å²) in [7, 11) is 1.47. The Morgan fingerprint density at radius 2 is 2.00 bits per heavy atom. The van der Waals surface area contributed by atoms with E-state index in [9.17, 15) is 9.59 Å². The van der Waals surface area contributed by atoms with E-state index < -0.39 is 5.97 Å². The Morgan fingerprint density at radius 3 is 2.47 bits per heavy atom. The van der Waals surface area contributed by atoms with Crippen LogP contribution in [0.5, 0.6) is 0 Å². The smallest absolute Gasteiger partial charge is 0.344 e. The van der Waals surface area contributed by atoms with E-state index in [1.807, 2.05) is 0 Å². The summed E-state index contributed by atoms with van der Waals surface area (Å²) in [6.45, 7) is 12.3. The number of hydrogen-bond acceptors (Lipinski definition) is 3. The minimum absolute atomic E-state index is 0.0231. The fraction of sp³-hybridized carbons (Fsp3) is 0.417. The summed E-state index contributed by atoms with van der Waals surface area (Å²) in [4.78, 5) is 26.9. The van der Waals surface area contributed by atoms with Crippen LogP contribution in [0.2, 0.25) is 0 Å². The molecule has 5 nitrogen and oxygen atoms in total. The van der Waals surface area contributed by atoms with Gasteiger partial charge in [-0.2, -0.15) is 0 Å². The average Bonchev–Trinajstić information content (AvgIpc) is 2.31. The van der Waals surface area contributed by atoms with Gasteiger partial charge in [0.1, 0.15) is 5.69 Å². The van der Waals surface area contributed by atoms with Crippen LogP contribution >= 0.6 is 0 Å². The quantitative estimate of drug-likeness (QED) is 0.578. The average molecular weight is 234 g/mol. The van der Waals surface area contributed by atoms with Crippen LogP contribution in [0.1, 0.15) is 28.5 Å². The first kappa shape index (κ1) is 13.0. The van der Waals surface area contributed by atoms with Gasteiger partial charge in [-0.25, -0.2) is 9.64 Å². The monoisotopic (exact) mass is 234 g/mol. The number of carbonyl (C=O) groups excluding carboxylic acids is 1. The fourth-order valence-electron chi connectivity index (χ4n) is 1.60. The molecule has 1 heterocycles. The number of pyridine rings is 1. The van der Waals surface area contributed by atoms with Crippen LogP contribution in [0.25, 0.3) is 4.85 Å². The summed E-state index contributed by atoms with van der Waals surface area (Å²) < 4.78 is 6.03. The van der Waals surface area contributed by atoms with E-state index in [1.165, 1.54) is 11.6 Å². The van der Waals surface area contributed by atoms with Crippen LogP contribution < -0.4 is 5.56 Å². The van der Waals surface area contributed by atoms with E-state index in [0.717, 1.165) is 0 Å². The summed E-state index contributed by atoms with van der Waals surface area (Å²) in [5, 5.41) is 0. The normalized spacial score (nSPS) is 9.82. The maximum atomic E-state index is 11.8. The van der Waals surface area contributed by atoms with Crippen LogP contribution in [0.15, 0.2) is 4.79 Å². The molecule has 0 unspecified atom stereocenters. The lowest BCUT2D eigenvalue weighted by atomic mass is 10.1. The van der Waals surface area contributed by atoms with Crippen LogP contribution in [0.3, 0.4) is 0 Å². The minimum Gasteiger partial charge on any atom is -0.462 e. The van der Waals surface area contributed by atoms with E-state index in [1.54, 1.807) is 20.8 Å². The van der Waals surface area contributed by atoms with E-state index in [0.29, 0.717) is 11.1 Å². The van der Waals surface area contributed by atoms with Crippen LogP contribution in [-0.4, -0.2) is 17.1 Å². The molecule has 0 N–H and O–H groups in total. The molecule has 1 rings (SSSR count). The third kappa shape index (κ3) is 2.07. The molecule has 0 radical (unpaired) electrons. The van der Waals surface area contributed by atoms with Gasteiger partial charge in [0.15, 0.2) is 0 Å². The van der Waals surface area contributed by atoms with Gasteiger partial charge in [0.2, 0.25) is 5.69 Å². The van der Waals surface area contributed by atoms with E-state index >= 15 is 0 Å². The number of esters is 1. The lowest BCUT2D eigenvalue weighted by Gasteiger charge is -2.13. The van der Waals surface area contributed by atoms with Gasteiger partial charge in [0.05, 0.1) is 13.2 Å². The SMILES string of the molecule is [C-]#[N+]c1c(C)c(C)c(=O)n(C)c1C(=O)OCC. The molecule has 0 aliphatic carbocycles. The Kier molecular flexibility index (Phi) is 3.69. The molecule has 17 heavy (non-hydrogen) atoms. The molecule has 0 fully saturated rings. The Hall–Kier alpha value is -2.09. The highest BCUT2D eigenvalue weighted by Crippen LogP contribution is 2.24. The summed E-state index contributed by atoms with van der Waals surface area (Å²) in [5.74, 6) is -0.638. The highest BCUT2D eigenvalue weighted by Gasteiger charge is 2.21. The number of nitrogens with zero attached hydrogens (tertiary/aromatic N) is 2. The van der Waals surface area contributed by atoms with Crippen molar-refractivity contribution in [3.8, 4) is 0 Å². The van der Waals surface area contributed by atoms with E-state index in [4.69, 9.17) is 11.3 Å². The Labute approximate surface area is 99.5 Å². The maximum Gasteiger partial charge on any atom is 0.344 e. The van der Waals surface area contributed by atoms with Gasteiger partial charge in [-0.05, 0) is 26.3 Å². The van der Waals surface area contributed by atoms with Gasteiger partial charge in [0.25, 0.3) is 5.56 Å². The summed E-state index contributed by atoms with van der Waals surface area (Å²) in [6, 6.07) is 0. The van der Waals surface area contributed by atoms with Crippen molar-refractivity contribution in [3.05, 3.63) is 38.6 Å². The van der Waals surface area contributed by atoms with Gasteiger partial charge in [-0.3, -0.25) is 4.79 Å². The maximum absolute atomic E-state index is 11.8. The van der Waals surface area contributed by atoms with Crippen LogP contribution in [0.4, 0.5) is 5.69 Å². The first-order valence-electron chi connectivity index (χ1n) is 5.20. The number of ether oxygens (including phenoxy) is 1. The summed E-state index contributed by atoms with van der Waals surface area (Å²) >= 11 is 0. The van der Waals surface area contributed by atoms with Crippen molar-refractivity contribution < 1.29 is 9.53 Å². The summed E-state index contributed by atoms with van der Waals surface area (Å²) in [6.07, 6.45) is 0. The molecular formula is C12H14N2O3. The molecular weight excluding hydrogens is 220 g/mol. The molecule has 0 atom stereocenters. The third-order valence-corrected chi connectivity index (χ3v) is 2.68. The second-order valence-electron chi connectivity index (χ2n) is 3.64. The predicted molar refractivity (Wildman–Crippen MR) is 63.4 cm³/mol. The standard InChI is InChI=1S/C12H14N2O3/c1-6-17-12(16)10-9(13-4)7(2)8(3)11(15)14(10)5/h6H2,1-3,5H3. The highest BCUT2D eigenvalue weighted by molar-refractivity contribution is 5.95. The number of aromatic nitrogens is 1. The van der Waals surface area contributed by atoms with E-state index in [2.05, 4.69) is 4.85 Å². The Balaban J connectivity index is 3.66. The van der Waals surface area contributed by atoms with Gasteiger partial charge in [-0.1, -0.05) is 0 Å². The lowest BCUT2D eigenvalue weighted by molar-refractivity contribution is 0.0515. The zero-order valence-corrected chi connectivity index (χ0v) is 10.3. The Morgan fingerprint density at radius 1 is 1.41 bits per heavy atom. The highest BCUT2D eigenvalue weighted by atomic mass is 16.5. The van der Waals surface area contributed by atoms with Crippen molar-refractivity contribution in [2.75, 3.05) is 6.61 Å². The molecule has 0 bridgehead atoms. The minimum atomic E-state index is -0.638. The molecule has 0 spiro atoms. The molecule has 0 aliphatic rings. The van der Waals surface area contributed by atoms with Crippen molar-refractivity contribution in [2.24, 2.45) is 7.05 Å². The van der Waals surface area contributed by atoms with Crippen molar-refractivity contribution >= 4 is 11.7 Å². The molecule has 0 aromatic carbocycles. The fourth-order valence-corrected chi connectivity index (χ4v) is 1.60. The molecule has 0 saturated carbocycles. The molecule has 0 saturated heterocycles. The first-order chi connectivity index (χ1) is 7.95. The molecule has 0 aliphatic heterocycles. The topological polar surface area (TPSA) is 52.7 Å². The molecule has 1 aromatic rings. The second kappa shape index (κ2) is 4.83. The van der Waals surface area contributed by atoms with Crippen LogP contribution in [-0.2, 0) is 11.8 Å². The lowest BCUT2D eigenvalue weighted by Crippen LogP contribution is -2.27. The van der Waals surface area contributed by atoms with Gasteiger partial charge in [-0.15, -0.1) is 0 Å². The second-order valence-corrected chi connectivity index (χ2v) is 3.64. The van der Waals surface area contributed by atoms with Crippen molar-refractivity contribution in [1.29, 1.82) is 0 Å². The van der Waals surface area contributed by atoms with Crippen molar-refractivity contribution in [2.45, 2.75) is 20.8 Å². The van der Waals surface area contributed by atoms with Gasteiger partial charge >= 0.3 is 5.97 Å². The van der Waals surface area contributed by atoms with E-state index in [-0.39, 0.29) is 23.5 Å².